The zero-order chi connectivity index (χ0) is 28.2. The van der Waals surface area contributed by atoms with Crippen molar-refractivity contribution in [1.29, 1.82) is 0 Å². The van der Waals surface area contributed by atoms with Crippen LogP contribution in [0.2, 0.25) is 0 Å². The van der Waals surface area contributed by atoms with Crippen molar-refractivity contribution in [3.63, 3.8) is 0 Å². The van der Waals surface area contributed by atoms with E-state index in [1.165, 1.54) is 4.90 Å². The summed E-state index contributed by atoms with van der Waals surface area (Å²) >= 11 is 0. The van der Waals surface area contributed by atoms with Crippen LogP contribution in [0.3, 0.4) is 0 Å². The number of pyridine rings is 2. The van der Waals surface area contributed by atoms with Gasteiger partial charge in [0.15, 0.2) is 18.2 Å². The Morgan fingerprint density at radius 3 is 2.85 bits per heavy atom. The van der Waals surface area contributed by atoms with Gasteiger partial charge in [-0.05, 0) is 42.8 Å². The molecule has 1 aromatic carbocycles. The zero-order valence-corrected chi connectivity index (χ0v) is 22.7. The first-order valence-electron chi connectivity index (χ1n) is 13.6. The number of nitrogens with zero attached hydrogens (tertiary/aromatic N) is 3. The molecule has 5 heterocycles. The van der Waals surface area contributed by atoms with Gasteiger partial charge < -0.3 is 34.9 Å². The molecule has 2 fully saturated rings. The van der Waals surface area contributed by atoms with Crippen LogP contribution in [0.5, 0.6) is 11.6 Å². The summed E-state index contributed by atoms with van der Waals surface area (Å²) in [5.41, 5.74) is 2.95. The van der Waals surface area contributed by atoms with Crippen molar-refractivity contribution in [3.8, 4) is 22.9 Å². The van der Waals surface area contributed by atoms with E-state index in [0.717, 1.165) is 29.9 Å². The van der Waals surface area contributed by atoms with Crippen LogP contribution in [0.25, 0.3) is 11.3 Å². The molecule has 3 aromatic rings. The molecule has 0 saturated carbocycles. The number of hydrogen-bond acceptors (Lipinski definition) is 10. The lowest BCUT2D eigenvalue weighted by Gasteiger charge is -2.19. The van der Waals surface area contributed by atoms with Crippen LogP contribution in [0.15, 0.2) is 54.6 Å². The van der Waals surface area contributed by atoms with E-state index >= 15 is 0 Å². The molecule has 3 aliphatic rings. The number of carbonyl (C=O) groups excluding carboxylic acids is 2. The van der Waals surface area contributed by atoms with E-state index in [1.807, 2.05) is 30.3 Å². The molecule has 0 radical (unpaired) electrons. The number of hydrogen-bond donors (Lipinski definition) is 3. The number of aromatic nitrogens is 2. The summed E-state index contributed by atoms with van der Waals surface area (Å²) < 4.78 is 22.5. The van der Waals surface area contributed by atoms with Gasteiger partial charge >= 0.3 is 6.09 Å². The first-order valence-corrected chi connectivity index (χ1v) is 13.6. The maximum atomic E-state index is 12.5. The summed E-state index contributed by atoms with van der Waals surface area (Å²) in [5, 5.41) is 9.38. The van der Waals surface area contributed by atoms with Crippen LogP contribution < -0.4 is 30.3 Å². The lowest BCUT2D eigenvalue weighted by Crippen LogP contribution is -2.31. The molecule has 3 aliphatic heterocycles. The van der Waals surface area contributed by atoms with Gasteiger partial charge in [0, 0.05) is 38.4 Å². The molecule has 2 saturated heterocycles. The van der Waals surface area contributed by atoms with Crippen LogP contribution in [-0.4, -0.2) is 80.2 Å². The van der Waals surface area contributed by atoms with Crippen molar-refractivity contribution in [2.45, 2.75) is 31.3 Å². The molecule has 2 amide bonds. The summed E-state index contributed by atoms with van der Waals surface area (Å²) in [7, 11) is 1.69. The van der Waals surface area contributed by atoms with E-state index in [0.29, 0.717) is 49.3 Å². The van der Waals surface area contributed by atoms with E-state index in [-0.39, 0.29) is 30.8 Å². The third kappa shape index (κ3) is 6.24. The molecule has 2 aromatic heterocycles. The summed E-state index contributed by atoms with van der Waals surface area (Å²) in [6.07, 6.45) is -0.156. The Labute approximate surface area is 237 Å². The minimum atomic E-state index is -0.459. The minimum absolute atomic E-state index is 0.00491. The topological polar surface area (TPSA) is 136 Å². The van der Waals surface area contributed by atoms with Crippen molar-refractivity contribution in [1.82, 2.24) is 20.6 Å². The van der Waals surface area contributed by atoms with Gasteiger partial charge in [-0.2, -0.15) is 0 Å². The van der Waals surface area contributed by atoms with E-state index < -0.39 is 6.09 Å². The van der Waals surface area contributed by atoms with Crippen molar-refractivity contribution in [2.75, 3.05) is 50.1 Å². The number of cyclic esters (lactones) is 1. The van der Waals surface area contributed by atoms with Crippen molar-refractivity contribution in [2.24, 2.45) is 0 Å². The molecule has 0 aliphatic carbocycles. The number of anilines is 2. The number of benzene rings is 1. The monoisotopic (exact) mass is 560 g/mol. The van der Waals surface area contributed by atoms with Gasteiger partial charge in [0.25, 0.3) is 5.91 Å². The molecule has 41 heavy (non-hydrogen) atoms. The second kappa shape index (κ2) is 12.1. The Kier molecular flexibility index (Phi) is 7.94. The number of methoxy groups -OCH3 is 1. The largest absolute Gasteiger partial charge is 0.480 e. The van der Waals surface area contributed by atoms with E-state index in [9.17, 15) is 9.59 Å². The van der Waals surface area contributed by atoms with E-state index in [4.69, 9.17) is 23.9 Å². The van der Waals surface area contributed by atoms with Crippen molar-refractivity contribution in [3.05, 3.63) is 60.2 Å². The van der Waals surface area contributed by atoms with E-state index in [1.54, 1.807) is 19.2 Å². The second-order valence-corrected chi connectivity index (χ2v) is 10.1. The molecule has 0 bridgehead atoms. The van der Waals surface area contributed by atoms with Crippen LogP contribution in [0.1, 0.15) is 12.0 Å². The van der Waals surface area contributed by atoms with Gasteiger partial charge in [-0.25, -0.2) is 14.8 Å². The summed E-state index contributed by atoms with van der Waals surface area (Å²) in [5.74, 6) is 1.49. The predicted molar refractivity (Wildman–Crippen MR) is 150 cm³/mol. The third-order valence-corrected chi connectivity index (χ3v) is 7.21. The Hall–Kier alpha value is -4.26. The zero-order valence-electron chi connectivity index (χ0n) is 22.7. The number of carbonyl (C=O) groups is 2. The Morgan fingerprint density at radius 1 is 1.07 bits per heavy atom. The Morgan fingerprint density at radius 2 is 1.95 bits per heavy atom. The number of fused-ring (bicyclic) bond motifs is 1. The summed E-state index contributed by atoms with van der Waals surface area (Å²) in [6.45, 7) is 3.14. The average molecular weight is 561 g/mol. The standard InChI is InChI=1S/C29H32N6O6/c1-38-23-14-31-15-24(23)41-27-7-3-6-21(32-27)19-5-2-4-18(12-19)13-30-11-10-20-16-35(29(37)40-20)25-9-8-22-28(33-25)34-26(36)17-39-22/h2-9,12,20,23-24,30-31H,10-11,13-17H2,1H3,(H,33,34,36)/t20-,23-,24-/m0/s1. The van der Waals surface area contributed by atoms with Crippen molar-refractivity contribution >= 4 is 23.6 Å². The SMILES string of the molecule is CO[C@H]1CNC[C@@H]1Oc1cccc(-c2cccc(CNCC[C@H]3CN(c4ccc5c(n4)NC(=O)CO5)C(=O)O3)c2)n1. The molecule has 6 rings (SSSR count). The number of ether oxygens (including phenoxy) is 4. The van der Waals surface area contributed by atoms with Gasteiger partial charge in [-0.3, -0.25) is 9.69 Å². The molecule has 0 spiro atoms. The van der Waals surface area contributed by atoms with Crippen LogP contribution in [-0.2, 0) is 20.8 Å². The lowest BCUT2D eigenvalue weighted by atomic mass is 10.1. The number of rotatable bonds is 10. The van der Waals surface area contributed by atoms with Gasteiger partial charge in [-0.1, -0.05) is 24.3 Å². The minimum Gasteiger partial charge on any atom is -0.480 e. The molecule has 0 unspecified atom stereocenters. The molecule has 3 atom stereocenters. The Bertz CT molecular complexity index is 1420. The highest BCUT2D eigenvalue weighted by Crippen LogP contribution is 2.30. The molecular formula is C29H32N6O6. The van der Waals surface area contributed by atoms with Crippen LogP contribution in [0, 0.1) is 0 Å². The van der Waals surface area contributed by atoms with E-state index in [2.05, 4.69) is 33.1 Å². The fourth-order valence-electron chi connectivity index (χ4n) is 5.08. The average Bonchev–Trinajstić information content (AvgIpc) is 3.60. The highest BCUT2D eigenvalue weighted by molar-refractivity contribution is 5.95. The summed E-state index contributed by atoms with van der Waals surface area (Å²) in [4.78, 5) is 34.7. The first-order chi connectivity index (χ1) is 20.1. The van der Waals surface area contributed by atoms with Crippen LogP contribution >= 0.6 is 0 Å². The highest BCUT2D eigenvalue weighted by atomic mass is 16.6. The highest BCUT2D eigenvalue weighted by Gasteiger charge is 2.34. The fraction of sp³-hybridized carbons (Fsp3) is 0.379. The first kappa shape index (κ1) is 26.9. The van der Waals surface area contributed by atoms with Crippen LogP contribution in [0.4, 0.5) is 16.4 Å². The normalized spacial score (nSPS) is 21.7. The predicted octanol–water partition coefficient (Wildman–Crippen LogP) is 2.35. The number of nitrogens with one attached hydrogen (secondary N) is 3. The third-order valence-electron chi connectivity index (χ3n) is 7.21. The molecule has 214 valence electrons. The quantitative estimate of drug-likeness (QED) is 0.317. The lowest BCUT2D eigenvalue weighted by molar-refractivity contribution is -0.118. The smallest absolute Gasteiger partial charge is 0.415 e. The maximum Gasteiger partial charge on any atom is 0.415 e. The Balaban J connectivity index is 1.00. The second-order valence-electron chi connectivity index (χ2n) is 10.1. The molecule has 12 nitrogen and oxygen atoms in total. The molecular weight excluding hydrogens is 528 g/mol. The molecule has 12 heteroatoms. The van der Waals surface area contributed by atoms with Gasteiger partial charge in [0.05, 0.1) is 12.2 Å². The fourth-order valence-corrected chi connectivity index (χ4v) is 5.08. The van der Waals surface area contributed by atoms with Gasteiger partial charge in [-0.15, -0.1) is 0 Å². The molecule has 3 N–H and O–H groups in total. The maximum absolute atomic E-state index is 12.5. The van der Waals surface area contributed by atoms with Gasteiger partial charge in [0.2, 0.25) is 5.88 Å². The van der Waals surface area contributed by atoms with Gasteiger partial charge in [0.1, 0.15) is 24.1 Å². The summed E-state index contributed by atoms with van der Waals surface area (Å²) in [6, 6.07) is 17.4. The number of amides is 2. The van der Waals surface area contributed by atoms with Crippen molar-refractivity contribution < 1.29 is 28.5 Å².